The molecule has 1 saturated carbocycles. The summed E-state index contributed by atoms with van der Waals surface area (Å²) in [7, 11) is 1.70. The molecule has 4 aromatic rings. The van der Waals surface area contributed by atoms with E-state index >= 15 is 0 Å². The van der Waals surface area contributed by atoms with E-state index in [9.17, 15) is 14.0 Å². The van der Waals surface area contributed by atoms with Crippen LogP contribution in [0.4, 0.5) is 21.7 Å². The van der Waals surface area contributed by atoms with E-state index in [1.54, 1.807) is 50.6 Å². The van der Waals surface area contributed by atoms with Crippen LogP contribution in [0.5, 0.6) is 0 Å². The second kappa shape index (κ2) is 7.97. The third-order valence-corrected chi connectivity index (χ3v) is 5.22. The number of nitrogens with zero attached hydrogens (tertiary/aromatic N) is 6. The fraction of sp³-hybridized carbons (Fsp3) is 0.238. The minimum Gasteiger partial charge on any atom is -0.373 e. The minimum absolute atomic E-state index is 0.205. The molecule has 12 heteroatoms. The van der Waals surface area contributed by atoms with Gasteiger partial charge >= 0.3 is 0 Å². The first-order valence-corrected chi connectivity index (χ1v) is 10.2. The highest BCUT2D eigenvalue weighted by Gasteiger charge is 2.39. The topological polar surface area (TPSA) is 131 Å². The monoisotopic (exact) mass is 449 g/mol. The number of anilines is 3. The molecule has 0 saturated heterocycles. The van der Waals surface area contributed by atoms with Crippen molar-refractivity contribution in [3.63, 3.8) is 0 Å². The number of amides is 1. The van der Waals surface area contributed by atoms with Crippen molar-refractivity contribution in [2.24, 2.45) is 0 Å². The molecule has 0 unspecified atom stereocenters. The molecule has 3 N–H and O–H groups in total. The number of halogens is 1. The lowest BCUT2D eigenvalue weighted by Crippen LogP contribution is -2.27. The molecule has 1 aliphatic carbocycles. The Balaban J connectivity index is 1.52. The molecule has 5 rings (SSSR count). The third kappa shape index (κ3) is 3.86. The van der Waals surface area contributed by atoms with Crippen molar-refractivity contribution in [2.45, 2.75) is 25.6 Å². The summed E-state index contributed by atoms with van der Waals surface area (Å²) < 4.78 is 16.1. The summed E-state index contributed by atoms with van der Waals surface area (Å²) in [5.74, 6) is 1.39. The number of rotatable bonds is 6. The van der Waals surface area contributed by atoms with Gasteiger partial charge in [0, 0.05) is 31.9 Å². The molecule has 0 bridgehead atoms. The molecule has 11 nitrogen and oxygen atoms in total. The van der Waals surface area contributed by atoms with E-state index in [2.05, 4.69) is 36.0 Å². The molecule has 168 valence electrons. The van der Waals surface area contributed by atoms with Crippen molar-refractivity contribution < 1.29 is 9.18 Å². The zero-order chi connectivity index (χ0) is 23.1. The van der Waals surface area contributed by atoms with Gasteiger partial charge in [0.05, 0.1) is 12.2 Å². The molecule has 0 aromatic carbocycles. The van der Waals surface area contributed by atoms with Crippen molar-refractivity contribution in [2.75, 3.05) is 17.7 Å². The van der Waals surface area contributed by atoms with Gasteiger partial charge in [-0.3, -0.25) is 14.2 Å². The van der Waals surface area contributed by atoms with Gasteiger partial charge in [0.2, 0.25) is 0 Å². The molecule has 0 aliphatic heterocycles. The van der Waals surface area contributed by atoms with Crippen LogP contribution >= 0.6 is 0 Å². The van der Waals surface area contributed by atoms with Crippen molar-refractivity contribution >= 4 is 28.9 Å². The van der Waals surface area contributed by atoms with Crippen LogP contribution in [-0.2, 0) is 0 Å². The minimum atomic E-state index is -1.02. The van der Waals surface area contributed by atoms with E-state index < -0.39 is 18.1 Å². The largest absolute Gasteiger partial charge is 0.373 e. The van der Waals surface area contributed by atoms with Gasteiger partial charge in [-0.25, -0.2) is 19.3 Å². The van der Waals surface area contributed by atoms with Crippen LogP contribution in [0.2, 0.25) is 0 Å². The highest BCUT2D eigenvalue weighted by atomic mass is 19.1. The summed E-state index contributed by atoms with van der Waals surface area (Å²) in [5.41, 5.74) is 0.394. The number of carbonyl (C=O) groups is 1. The Morgan fingerprint density at radius 1 is 1.27 bits per heavy atom. The molecule has 0 radical (unpaired) electrons. The van der Waals surface area contributed by atoms with Crippen molar-refractivity contribution in [1.29, 1.82) is 0 Å². The van der Waals surface area contributed by atoms with E-state index in [1.165, 1.54) is 15.3 Å². The molecule has 0 spiro atoms. The fourth-order valence-corrected chi connectivity index (χ4v) is 3.41. The van der Waals surface area contributed by atoms with Gasteiger partial charge in [-0.1, -0.05) is 0 Å². The number of nitrogens with one attached hydrogen (secondary N) is 3. The van der Waals surface area contributed by atoms with Crippen LogP contribution in [0, 0.1) is 6.92 Å². The summed E-state index contributed by atoms with van der Waals surface area (Å²) in [6.45, 7) is 1.74. The van der Waals surface area contributed by atoms with E-state index in [4.69, 9.17) is 0 Å². The van der Waals surface area contributed by atoms with Gasteiger partial charge in [0.15, 0.2) is 5.65 Å². The Bertz CT molecular complexity index is 1430. The Labute approximate surface area is 186 Å². The number of pyridine rings is 1. The molecule has 1 aliphatic rings. The first kappa shape index (κ1) is 20.5. The second-order valence-corrected chi connectivity index (χ2v) is 7.59. The smallest absolute Gasteiger partial charge is 0.279 e. The van der Waals surface area contributed by atoms with Gasteiger partial charge in [-0.2, -0.15) is 9.61 Å². The van der Waals surface area contributed by atoms with Crippen LogP contribution in [0.3, 0.4) is 0 Å². The van der Waals surface area contributed by atoms with Crippen molar-refractivity contribution in [1.82, 2.24) is 34.4 Å². The first-order valence-electron chi connectivity index (χ1n) is 10.2. The quantitative estimate of drug-likeness (QED) is 0.405. The summed E-state index contributed by atoms with van der Waals surface area (Å²) in [5, 5.41) is 12.9. The summed E-state index contributed by atoms with van der Waals surface area (Å²) in [6, 6.07) is 6.15. The normalized spacial score (nSPS) is 17.1. The second-order valence-electron chi connectivity index (χ2n) is 7.59. The molecule has 4 heterocycles. The third-order valence-electron chi connectivity index (χ3n) is 5.22. The van der Waals surface area contributed by atoms with Crippen LogP contribution in [0.25, 0.3) is 11.5 Å². The van der Waals surface area contributed by atoms with Crippen LogP contribution in [0.1, 0.15) is 22.6 Å². The van der Waals surface area contributed by atoms with Gasteiger partial charge in [-0.05, 0) is 25.1 Å². The maximum Gasteiger partial charge on any atom is 0.279 e. The SMILES string of the molecule is CNc1cc(Nc2cccn(-c3ccnc(C)n3)c2=O)nc2c(C(=O)N[C@@H]3C[C@@H]3F)cnn12. The Morgan fingerprint density at radius 3 is 2.82 bits per heavy atom. The van der Waals surface area contributed by atoms with Crippen molar-refractivity contribution in [3.8, 4) is 5.82 Å². The molecule has 1 fully saturated rings. The average molecular weight is 449 g/mol. The van der Waals surface area contributed by atoms with Gasteiger partial charge in [0.25, 0.3) is 11.5 Å². The van der Waals surface area contributed by atoms with E-state index in [0.717, 1.165) is 0 Å². The zero-order valence-electron chi connectivity index (χ0n) is 17.8. The maximum atomic E-state index is 13.2. The number of alkyl halides is 1. The maximum absolute atomic E-state index is 13.2. The van der Waals surface area contributed by atoms with Crippen LogP contribution < -0.4 is 21.5 Å². The van der Waals surface area contributed by atoms with E-state index in [1.807, 2.05) is 0 Å². The predicted molar refractivity (Wildman–Crippen MR) is 119 cm³/mol. The van der Waals surface area contributed by atoms with Gasteiger partial charge < -0.3 is 16.0 Å². The molecule has 2 atom stereocenters. The van der Waals surface area contributed by atoms with Gasteiger partial charge in [-0.15, -0.1) is 0 Å². The van der Waals surface area contributed by atoms with Crippen LogP contribution in [0.15, 0.2) is 47.7 Å². The summed E-state index contributed by atoms with van der Waals surface area (Å²) in [4.78, 5) is 38.5. The lowest BCUT2D eigenvalue weighted by Gasteiger charge is -2.11. The number of fused-ring (bicyclic) bond motifs is 1. The molecule has 1 amide bonds. The highest BCUT2D eigenvalue weighted by Crippen LogP contribution is 2.26. The number of hydrogen-bond acceptors (Lipinski definition) is 8. The standard InChI is InChI=1S/C21H20FN9O2/c1-11-24-6-5-17(26-11)30-7-3-4-14(21(30)33)27-16-9-18(23-2)31-19(29-16)12(10-25-31)20(32)28-15-8-13(15)22/h3-7,9-10,13,15,23H,8H2,1-2H3,(H,27,29)(H,28,32)/t13-,15+/m0/s1. The lowest BCUT2D eigenvalue weighted by molar-refractivity contribution is 0.0949. The molecular formula is C21H20FN9O2. The highest BCUT2D eigenvalue weighted by molar-refractivity contribution is 6.00. The summed E-state index contributed by atoms with van der Waals surface area (Å²) >= 11 is 0. The van der Waals surface area contributed by atoms with Crippen LogP contribution in [-0.4, -0.2) is 54.3 Å². The zero-order valence-corrected chi connectivity index (χ0v) is 17.8. The fourth-order valence-electron chi connectivity index (χ4n) is 3.41. The number of aryl methyl sites for hydroxylation is 1. The Kier molecular flexibility index (Phi) is 4.96. The molecule has 4 aromatic heterocycles. The van der Waals surface area contributed by atoms with E-state index in [-0.39, 0.29) is 22.5 Å². The Hall–Kier alpha value is -4.35. The average Bonchev–Trinajstić information content (AvgIpc) is 3.31. The Morgan fingerprint density at radius 2 is 2.09 bits per heavy atom. The molecular weight excluding hydrogens is 429 g/mol. The summed E-state index contributed by atoms with van der Waals surface area (Å²) in [6.07, 6.45) is 3.86. The molecule has 33 heavy (non-hydrogen) atoms. The van der Waals surface area contributed by atoms with Crippen molar-refractivity contribution in [3.05, 3.63) is 64.6 Å². The number of aromatic nitrogens is 6. The number of hydrogen-bond donors (Lipinski definition) is 3. The lowest BCUT2D eigenvalue weighted by atomic mass is 10.3. The predicted octanol–water partition coefficient (Wildman–Crippen LogP) is 1.60. The van der Waals surface area contributed by atoms with E-state index in [0.29, 0.717) is 29.7 Å². The number of carbonyl (C=O) groups excluding carboxylic acids is 1. The van der Waals surface area contributed by atoms with Gasteiger partial charge in [0.1, 0.15) is 40.7 Å². The first-order chi connectivity index (χ1) is 15.9.